The monoisotopic (exact) mass is 265 g/mol. The summed E-state index contributed by atoms with van der Waals surface area (Å²) in [5.74, 6) is -0.0000130. The Labute approximate surface area is 109 Å². The first-order chi connectivity index (χ1) is 8.49. The molecule has 0 unspecified atom stereocenters. The van der Waals surface area contributed by atoms with Crippen LogP contribution in [0.3, 0.4) is 0 Å². The summed E-state index contributed by atoms with van der Waals surface area (Å²) >= 11 is 5.77. The molecule has 2 aromatic rings. The number of aromatic hydroxyl groups is 1. The molecule has 0 fully saturated rings. The van der Waals surface area contributed by atoms with Gasteiger partial charge in [0.05, 0.1) is 0 Å². The number of H-pyrrole nitrogens is 1. The van der Waals surface area contributed by atoms with E-state index in [9.17, 15) is 9.90 Å². The molecule has 0 saturated heterocycles. The van der Waals surface area contributed by atoms with E-state index < -0.39 is 5.56 Å². The largest absolute Gasteiger partial charge is 0.493 e. The molecule has 0 atom stereocenters. The van der Waals surface area contributed by atoms with Crippen LogP contribution in [0.2, 0.25) is 5.02 Å². The minimum atomic E-state index is -0.395. The molecular formula is C12H12ClN3O2. The molecule has 0 aliphatic carbocycles. The maximum atomic E-state index is 11.9. The normalized spacial score (nSPS) is 10.4. The summed E-state index contributed by atoms with van der Waals surface area (Å²) in [5, 5.41) is 10.4. The highest BCUT2D eigenvalue weighted by Crippen LogP contribution is 2.25. The SMILES string of the molecule is CN(C)c1nc(O)c(-c2ccc(Cl)cc2)c(=O)[nH]1. The van der Waals surface area contributed by atoms with E-state index in [4.69, 9.17) is 11.6 Å². The highest BCUT2D eigenvalue weighted by molar-refractivity contribution is 6.30. The number of nitrogens with one attached hydrogen (secondary N) is 1. The smallest absolute Gasteiger partial charge is 0.264 e. The molecule has 0 bridgehead atoms. The molecule has 2 rings (SSSR count). The lowest BCUT2D eigenvalue weighted by molar-refractivity contribution is 0.453. The van der Waals surface area contributed by atoms with Gasteiger partial charge in [0.1, 0.15) is 5.56 Å². The fourth-order valence-corrected chi connectivity index (χ4v) is 1.66. The molecule has 2 N–H and O–H groups in total. The van der Waals surface area contributed by atoms with Crippen molar-refractivity contribution in [1.82, 2.24) is 9.97 Å². The second-order valence-electron chi connectivity index (χ2n) is 3.99. The van der Waals surface area contributed by atoms with Crippen molar-refractivity contribution in [1.29, 1.82) is 0 Å². The molecule has 0 amide bonds. The summed E-state index contributed by atoms with van der Waals surface area (Å²) in [7, 11) is 3.44. The highest BCUT2D eigenvalue weighted by Gasteiger charge is 2.13. The number of rotatable bonds is 2. The van der Waals surface area contributed by atoms with Crippen molar-refractivity contribution in [3.63, 3.8) is 0 Å². The van der Waals surface area contributed by atoms with Crippen LogP contribution >= 0.6 is 11.6 Å². The number of nitrogens with zero attached hydrogens (tertiary/aromatic N) is 2. The van der Waals surface area contributed by atoms with Gasteiger partial charge in [0.2, 0.25) is 11.8 Å². The van der Waals surface area contributed by atoms with Crippen LogP contribution in [0.1, 0.15) is 0 Å². The van der Waals surface area contributed by atoms with Crippen LogP contribution in [-0.2, 0) is 0 Å². The van der Waals surface area contributed by atoms with Crippen molar-refractivity contribution in [2.45, 2.75) is 0 Å². The molecule has 0 spiro atoms. The average molecular weight is 266 g/mol. The number of halogens is 1. The summed E-state index contributed by atoms with van der Waals surface area (Å²) < 4.78 is 0. The fraction of sp³-hybridized carbons (Fsp3) is 0.167. The van der Waals surface area contributed by atoms with Crippen LogP contribution in [0.5, 0.6) is 5.88 Å². The Morgan fingerprint density at radius 1 is 1.28 bits per heavy atom. The predicted octanol–water partition coefficient (Wildman–Crippen LogP) is 1.86. The molecule has 0 aliphatic rings. The van der Waals surface area contributed by atoms with Crippen LogP contribution < -0.4 is 10.5 Å². The van der Waals surface area contributed by atoms with E-state index in [-0.39, 0.29) is 11.4 Å². The molecule has 18 heavy (non-hydrogen) atoms. The summed E-state index contributed by atoms with van der Waals surface area (Å²) in [5.41, 5.74) is 0.307. The third kappa shape index (κ3) is 2.31. The molecule has 94 valence electrons. The Bertz CT molecular complexity index is 620. The van der Waals surface area contributed by atoms with E-state index in [1.54, 1.807) is 43.3 Å². The Morgan fingerprint density at radius 2 is 1.89 bits per heavy atom. The van der Waals surface area contributed by atoms with Gasteiger partial charge in [-0.25, -0.2) is 0 Å². The predicted molar refractivity (Wildman–Crippen MR) is 71.3 cm³/mol. The van der Waals surface area contributed by atoms with E-state index >= 15 is 0 Å². The zero-order valence-electron chi connectivity index (χ0n) is 9.94. The highest BCUT2D eigenvalue weighted by atomic mass is 35.5. The lowest BCUT2D eigenvalue weighted by Crippen LogP contribution is -2.19. The van der Waals surface area contributed by atoms with Crippen molar-refractivity contribution in [3.05, 3.63) is 39.6 Å². The maximum absolute atomic E-state index is 11.9. The third-order valence-corrected chi connectivity index (χ3v) is 2.70. The van der Waals surface area contributed by atoms with E-state index in [1.165, 1.54) is 0 Å². The number of hydrogen-bond donors (Lipinski definition) is 2. The van der Waals surface area contributed by atoms with Crippen molar-refractivity contribution in [3.8, 4) is 17.0 Å². The lowest BCUT2D eigenvalue weighted by Gasteiger charge is -2.12. The molecule has 0 aliphatic heterocycles. The molecule has 1 aromatic heterocycles. The van der Waals surface area contributed by atoms with Crippen LogP contribution in [-0.4, -0.2) is 29.2 Å². The minimum absolute atomic E-state index is 0.136. The first-order valence-electron chi connectivity index (χ1n) is 5.25. The van der Waals surface area contributed by atoms with E-state index in [0.29, 0.717) is 16.5 Å². The molecule has 0 radical (unpaired) electrons. The Hall–Kier alpha value is -2.01. The minimum Gasteiger partial charge on any atom is -0.493 e. The van der Waals surface area contributed by atoms with Gasteiger partial charge in [0, 0.05) is 19.1 Å². The zero-order chi connectivity index (χ0) is 13.3. The molecule has 6 heteroatoms. The molecule has 0 saturated carbocycles. The van der Waals surface area contributed by atoms with Gasteiger partial charge >= 0.3 is 0 Å². The number of anilines is 1. The van der Waals surface area contributed by atoms with Gasteiger partial charge in [-0.15, -0.1) is 0 Å². The van der Waals surface area contributed by atoms with Crippen LogP contribution in [0.15, 0.2) is 29.1 Å². The van der Waals surface area contributed by atoms with Gasteiger partial charge in [0.25, 0.3) is 5.56 Å². The third-order valence-electron chi connectivity index (χ3n) is 2.44. The van der Waals surface area contributed by atoms with Gasteiger partial charge in [-0.3, -0.25) is 9.78 Å². The second-order valence-corrected chi connectivity index (χ2v) is 4.43. The summed E-state index contributed by atoms with van der Waals surface area (Å²) in [6.07, 6.45) is 0. The van der Waals surface area contributed by atoms with E-state index in [2.05, 4.69) is 9.97 Å². The quantitative estimate of drug-likeness (QED) is 0.870. The summed E-state index contributed by atoms with van der Waals surface area (Å²) in [6, 6.07) is 6.61. The Kier molecular flexibility index (Phi) is 3.25. The van der Waals surface area contributed by atoms with Crippen molar-refractivity contribution in [2.24, 2.45) is 0 Å². The second kappa shape index (κ2) is 4.70. The van der Waals surface area contributed by atoms with Gasteiger partial charge in [-0.2, -0.15) is 4.98 Å². The lowest BCUT2D eigenvalue weighted by atomic mass is 10.1. The Balaban J connectivity index is 2.59. The van der Waals surface area contributed by atoms with Gasteiger partial charge < -0.3 is 10.0 Å². The fourth-order valence-electron chi connectivity index (χ4n) is 1.54. The molecule has 1 heterocycles. The zero-order valence-corrected chi connectivity index (χ0v) is 10.7. The average Bonchev–Trinajstić information content (AvgIpc) is 2.30. The van der Waals surface area contributed by atoms with Crippen LogP contribution in [0.4, 0.5) is 5.95 Å². The van der Waals surface area contributed by atoms with Crippen LogP contribution in [0.25, 0.3) is 11.1 Å². The molecular weight excluding hydrogens is 254 g/mol. The van der Waals surface area contributed by atoms with Crippen LogP contribution in [0, 0.1) is 0 Å². The molecule has 5 nitrogen and oxygen atoms in total. The van der Waals surface area contributed by atoms with Gasteiger partial charge in [0.15, 0.2) is 0 Å². The molecule has 1 aromatic carbocycles. The number of aromatic amines is 1. The van der Waals surface area contributed by atoms with E-state index in [1.807, 2.05) is 0 Å². The first-order valence-corrected chi connectivity index (χ1v) is 5.63. The maximum Gasteiger partial charge on any atom is 0.264 e. The Morgan fingerprint density at radius 3 is 2.39 bits per heavy atom. The van der Waals surface area contributed by atoms with Gasteiger partial charge in [-0.1, -0.05) is 23.7 Å². The van der Waals surface area contributed by atoms with E-state index in [0.717, 1.165) is 0 Å². The van der Waals surface area contributed by atoms with Crippen molar-refractivity contribution < 1.29 is 5.11 Å². The number of aromatic nitrogens is 2. The summed E-state index contributed by atoms with van der Waals surface area (Å²) in [6.45, 7) is 0. The van der Waals surface area contributed by atoms with Gasteiger partial charge in [-0.05, 0) is 17.7 Å². The topological polar surface area (TPSA) is 69.2 Å². The standard InChI is InChI=1S/C12H12ClN3O2/c1-16(2)12-14-10(17)9(11(18)15-12)7-3-5-8(13)6-4-7/h3-6H,1-2H3,(H2,14,15,17,18). The first kappa shape index (κ1) is 12.4. The van der Waals surface area contributed by atoms with Crippen molar-refractivity contribution >= 4 is 17.5 Å². The number of benzene rings is 1. The summed E-state index contributed by atoms with van der Waals surface area (Å²) in [4.78, 5) is 20.1. The number of hydrogen-bond acceptors (Lipinski definition) is 4. The van der Waals surface area contributed by atoms with Crippen molar-refractivity contribution in [2.75, 3.05) is 19.0 Å².